The van der Waals surface area contributed by atoms with Crippen LogP contribution in [-0.4, -0.2) is 72.4 Å². The van der Waals surface area contributed by atoms with E-state index < -0.39 is 6.10 Å². The van der Waals surface area contributed by atoms with Crippen LogP contribution >= 0.6 is 11.3 Å². The third kappa shape index (κ3) is 7.03. The first-order valence-electron chi connectivity index (χ1n) is 12.0. The Kier molecular flexibility index (Phi) is 8.41. The molecule has 0 saturated heterocycles. The molecular weight excluding hydrogens is 436 g/mol. The first-order valence-corrected chi connectivity index (χ1v) is 12.9. The Labute approximate surface area is 201 Å². The van der Waals surface area contributed by atoms with Gasteiger partial charge in [-0.1, -0.05) is 18.2 Å². The standard InChI is InChI=1S/C26H36N2O4S/c1-19(2)31-17-21(29)15-27(14-20-8-9-20)16-26(30)28-12-10-25-23(11-13-33-25)24(28)18-32-22-6-4-3-5-7-22/h3-7,11,13,19-21,24,29H,8-10,12,14-18H2,1-2H3/t21-,24-/m1/s1. The van der Waals surface area contributed by atoms with E-state index in [2.05, 4.69) is 16.3 Å². The van der Waals surface area contributed by atoms with Gasteiger partial charge in [-0.3, -0.25) is 9.69 Å². The zero-order chi connectivity index (χ0) is 23.2. The van der Waals surface area contributed by atoms with Crippen LogP contribution in [0, 0.1) is 5.92 Å². The van der Waals surface area contributed by atoms with E-state index in [4.69, 9.17) is 9.47 Å². The van der Waals surface area contributed by atoms with Crippen LogP contribution in [0.15, 0.2) is 41.8 Å². The summed E-state index contributed by atoms with van der Waals surface area (Å²) in [6.07, 6.45) is 2.78. The molecule has 2 aromatic rings. The van der Waals surface area contributed by atoms with Gasteiger partial charge in [0.2, 0.25) is 5.91 Å². The Morgan fingerprint density at radius 3 is 2.76 bits per heavy atom. The molecule has 1 aromatic heterocycles. The van der Waals surface area contributed by atoms with E-state index >= 15 is 0 Å². The number of hydrogen-bond acceptors (Lipinski definition) is 6. The molecule has 4 rings (SSSR count). The van der Waals surface area contributed by atoms with Crippen LogP contribution in [0.25, 0.3) is 0 Å². The molecule has 1 aliphatic carbocycles. The molecule has 2 heterocycles. The van der Waals surface area contributed by atoms with E-state index in [-0.39, 0.29) is 18.1 Å². The molecule has 7 heteroatoms. The van der Waals surface area contributed by atoms with Crippen molar-refractivity contribution >= 4 is 17.2 Å². The lowest BCUT2D eigenvalue weighted by Crippen LogP contribution is -2.48. The smallest absolute Gasteiger partial charge is 0.237 e. The summed E-state index contributed by atoms with van der Waals surface area (Å²) in [5.41, 5.74) is 1.20. The van der Waals surface area contributed by atoms with Crippen molar-refractivity contribution < 1.29 is 19.4 Å². The fourth-order valence-corrected chi connectivity index (χ4v) is 5.30. The van der Waals surface area contributed by atoms with E-state index in [1.165, 1.54) is 23.3 Å². The lowest BCUT2D eigenvalue weighted by molar-refractivity contribution is -0.136. The number of aliphatic hydroxyl groups is 1. The van der Waals surface area contributed by atoms with Gasteiger partial charge in [-0.25, -0.2) is 0 Å². The number of aliphatic hydroxyl groups excluding tert-OH is 1. The van der Waals surface area contributed by atoms with E-state index in [1.54, 1.807) is 11.3 Å². The number of carbonyl (C=O) groups is 1. The van der Waals surface area contributed by atoms with Gasteiger partial charge < -0.3 is 19.5 Å². The number of carbonyl (C=O) groups excluding carboxylic acids is 1. The van der Waals surface area contributed by atoms with Crippen LogP contribution in [0.4, 0.5) is 0 Å². The molecule has 0 unspecified atom stereocenters. The number of fused-ring (bicyclic) bond motifs is 1. The highest BCUT2D eigenvalue weighted by Gasteiger charge is 2.34. The predicted octanol–water partition coefficient (Wildman–Crippen LogP) is 3.75. The van der Waals surface area contributed by atoms with Crippen molar-refractivity contribution in [1.82, 2.24) is 9.80 Å². The lowest BCUT2D eigenvalue weighted by atomic mass is 10.0. The number of nitrogens with zero attached hydrogens (tertiary/aromatic N) is 2. The van der Waals surface area contributed by atoms with Crippen molar-refractivity contribution in [3.8, 4) is 5.75 Å². The second kappa shape index (κ2) is 11.5. The number of ether oxygens (including phenoxy) is 2. The summed E-state index contributed by atoms with van der Waals surface area (Å²) in [7, 11) is 0. The average molecular weight is 473 g/mol. The summed E-state index contributed by atoms with van der Waals surface area (Å²) in [4.78, 5) is 19.0. The van der Waals surface area contributed by atoms with Gasteiger partial charge in [0.1, 0.15) is 12.4 Å². The Morgan fingerprint density at radius 1 is 1.24 bits per heavy atom. The maximum Gasteiger partial charge on any atom is 0.237 e. The third-order valence-electron chi connectivity index (χ3n) is 6.23. The highest BCUT2D eigenvalue weighted by Crippen LogP contribution is 2.34. The largest absolute Gasteiger partial charge is 0.491 e. The van der Waals surface area contributed by atoms with Gasteiger partial charge in [0.05, 0.1) is 31.4 Å². The van der Waals surface area contributed by atoms with Gasteiger partial charge in [-0.05, 0) is 68.2 Å². The molecule has 1 N–H and O–H groups in total. The summed E-state index contributed by atoms with van der Waals surface area (Å²) in [6.45, 7) is 6.98. The second-order valence-corrected chi connectivity index (χ2v) is 10.5. The summed E-state index contributed by atoms with van der Waals surface area (Å²) in [5, 5.41) is 12.6. The van der Waals surface area contributed by atoms with Gasteiger partial charge in [0.25, 0.3) is 0 Å². The maximum absolute atomic E-state index is 13.5. The molecule has 0 spiro atoms. The molecular formula is C26H36N2O4S. The van der Waals surface area contributed by atoms with Gasteiger partial charge in [-0.2, -0.15) is 0 Å². The van der Waals surface area contributed by atoms with Crippen molar-refractivity contribution in [2.45, 2.75) is 51.4 Å². The number of hydrogen-bond donors (Lipinski definition) is 1. The Morgan fingerprint density at radius 2 is 2.03 bits per heavy atom. The van der Waals surface area contributed by atoms with E-state index in [0.29, 0.717) is 38.8 Å². The molecule has 1 amide bonds. The molecule has 1 saturated carbocycles. The number of para-hydroxylation sites is 1. The molecule has 6 nitrogen and oxygen atoms in total. The monoisotopic (exact) mass is 472 g/mol. The molecule has 1 aliphatic heterocycles. The van der Waals surface area contributed by atoms with Crippen LogP contribution in [-0.2, 0) is 16.0 Å². The number of thiophene rings is 1. The van der Waals surface area contributed by atoms with Crippen LogP contribution in [0.1, 0.15) is 43.2 Å². The van der Waals surface area contributed by atoms with Crippen molar-refractivity contribution in [3.05, 3.63) is 52.2 Å². The summed E-state index contributed by atoms with van der Waals surface area (Å²) in [5.74, 6) is 1.56. The Hall–Kier alpha value is -1.93. The van der Waals surface area contributed by atoms with Crippen molar-refractivity contribution in [1.29, 1.82) is 0 Å². The predicted molar refractivity (Wildman–Crippen MR) is 131 cm³/mol. The summed E-state index contributed by atoms with van der Waals surface area (Å²) >= 11 is 1.76. The maximum atomic E-state index is 13.5. The highest BCUT2D eigenvalue weighted by molar-refractivity contribution is 7.10. The molecule has 1 aromatic carbocycles. The molecule has 0 radical (unpaired) electrons. The first-order chi connectivity index (χ1) is 16.0. The molecule has 0 bridgehead atoms. The number of rotatable bonds is 12. The zero-order valence-corrected chi connectivity index (χ0v) is 20.5. The van der Waals surface area contributed by atoms with Crippen molar-refractivity contribution in [2.24, 2.45) is 5.92 Å². The second-order valence-electron chi connectivity index (χ2n) is 9.45. The normalized spacial score (nSPS) is 19.1. The molecule has 33 heavy (non-hydrogen) atoms. The molecule has 1 fully saturated rings. The van der Waals surface area contributed by atoms with E-state index in [9.17, 15) is 9.90 Å². The minimum Gasteiger partial charge on any atom is -0.491 e. The van der Waals surface area contributed by atoms with Crippen molar-refractivity contribution in [2.75, 3.05) is 39.4 Å². The van der Waals surface area contributed by atoms with Gasteiger partial charge in [0, 0.05) is 24.5 Å². The van der Waals surface area contributed by atoms with Crippen LogP contribution in [0.2, 0.25) is 0 Å². The highest BCUT2D eigenvalue weighted by atomic mass is 32.1. The average Bonchev–Trinajstić information content (AvgIpc) is 3.48. The molecule has 2 atom stereocenters. The first kappa shape index (κ1) is 24.2. The van der Waals surface area contributed by atoms with Gasteiger partial charge in [-0.15, -0.1) is 11.3 Å². The topological polar surface area (TPSA) is 62.2 Å². The summed E-state index contributed by atoms with van der Waals surface area (Å²) in [6, 6.07) is 11.8. The van der Waals surface area contributed by atoms with Crippen LogP contribution in [0.3, 0.4) is 0 Å². The van der Waals surface area contributed by atoms with Crippen LogP contribution in [0.5, 0.6) is 5.75 Å². The zero-order valence-electron chi connectivity index (χ0n) is 19.7. The van der Waals surface area contributed by atoms with E-state index in [1.807, 2.05) is 49.1 Å². The summed E-state index contributed by atoms with van der Waals surface area (Å²) < 4.78 is 11.7. The van der Waals surface area contributed by atoms with Gasteiger partial charge in [0.15, 0.2) is 0 Å². The van der Waals surface area contributed by atoms with Gasteiger partial charge >= 0.3 is 0 Å². The SMILES string of the molecule is CC(C)OC[C@H](O)CN(CC(=O)N1CCc2sccc2[C@H]1COc1ccccc1)CC1CC1. The minimum absolute atomic E-state index is 0.0803. The Balaban J connectivity index is 1.42. The fourth-order valence-electron chi connectivity index (χ4n) is 4.37. The van der Waals surface area contributed by atoms with Crippen LogP contribution < -0.4 is 4.74 Å². The number of amides is 1. The number of benzene rings is 1. The molecule has 2 aliphatic rings. The van der Waals surface area contributed by atoms with E-state index in [0.717, 1.165) is 18.7 Å². The van der Waals surface area contributed by atoms with Crippen molar-refractivity contribution in [3.63, 3.8) is 0 Å². The third-order valence-corrected chi connectivity index (χ3v) is 7.23. The lowest BCUT2D eigenvalue weighted by Gasteiger charge is -2.37. The minimum atomic E-state index is -0.596. The quantitative estimate of drug-likeness (QED) is 0.510. The molecule has 180 valence electrons. The Bertz CT molecular complexity index is 883. The fraction of sp³-hybridized carbons (Fsp3) is 0.577.